The van der Waals surface area contributed by atoms with Crippen molar-refractivity contribution < 1.29 is 22.0 Å². The minimum absolute atomic E-state index is 0.0763. The molecule has 1 aromatic heterocycles. The van der Waals surface area contributed by atoms with Crippen molar-refractivity contribution in [1.29, 1.82) is 0 Å². The van der Waals surface area contributed by atoms with E-state index in [4.69, 9.17) is 4.42 Å². The van der Waals surface area contributed by atoms with E-state index < -0.39 is 33.7 Å². The highest BCUT2D eigenvalue weighted by Gasteiger charge is 2.47. The monoisotopic (exact) mass is 495 g/mol. The molecule has 1 aromatic carbocycles. The van der Waals surface area contributed by atoms with Gasteiger partial charge >= 0.3 is 5.76 Å². The second-order valence-corrected chi connectivity index (χ2v) is 11.0. The molecule has 1 spiro atoms. The number of aromatic amines is 1. The first-order valence-corrected chi connectivity index (χ1v) is 12.7. The summed E-state index contributed by atoms with van der Waals surface area (Å²) in [6.45, 7) is 5.73. The summed E-state index contributed by atoms with van der Waals surface area (Å²) in [5, 5.41) is 5.99. The van der Waals surface area contributed by atoms with Crippen LogP contribution in [0.4, 0.5) is 4.39 Å². The van der Waals surface area contributed by atoms with Gasteiger partial charge in [-0.2, -0.15) is 17.4 Å². The highest BCUT2D eigenvalue weighted by molar-refractivity contribution is 7.87. The second-order valence-electron chi connectivity index (χ2n) is 9.32. The van der Waals surface area contributed by atoms with Crippen LogP contribution in [-0.4, -0.2) is 59.4 Å². The maximum Gasteiger partial charge on any atom is 0.434 e. The maximum atomic E-state index is 14.8. The van der Waals surface area contributed by atoms with Gasteiger partial charge in [0.25, 0.3) is 10.2 Å². The molecule has 0 aliphatic carbocycles. The van der Waals surface area contributed by atoms with Crippen LogP contribution in [0.25, 0.3) is 0 Å². The third kappa shape index (κ3) is 4.29. The number of rotatable bonds is 6. The summed E-state index contributed by atoms with van der Waals surface area (Å²) in [4.78, 5) is 25.4. The van der Waals surface area contributed by atoms with Gasteiger partial charge in [0.2, 0.25) is 11.8 Å². The average molecular weight is 496 g/mol. The van der Waals surface area contributed by atoms with Crippen LogP contribution in [0.1, 0.15) is 67.1 Å². The van der Waals surface area contributed by atoms with E-state index in [1.807, 2.05) is 6.92 Å². The molecule has 3 heterocycles. The van der Waals surface area contributed by atoms with Crippen molar-refractivity contribution in [2.45, 2.75) is 64.0 Å². The number of carbonyl (C=O) groups excluding carboxylic acids is 1. The molecule has 2 fully saturated rings. The SMILES string of the molecule is Cc1ccc(F)c(C(C)[C@H](NS(=O)(=O)N2CCC3(CCC(=O)N3C)CC2)c2n[nH]c(=O)o2)c1C. The maximum absolute atomic E-state index is 14.8. The van der Waals surface area contributed by atoms with Crippen LogP contribution in [0.5, 0.6) is 0 Å². The Kier molecular flexibility index (Phi) is 6.42. The Balaban J connectivity index is 1.61. The van der Waals surface area contributed by atoms with E-state index in [9.17, 15) is 22.4 Å². The first kappa shape index (κ1) is 24.6. The van der Waals surface area contributed by atoms with E-state index in [0.717, 1.165) is 5.56 Å². The standard InChI is InChI=1S/C22H30FN5O5S/c1-13-5-6-16(23)18(14(13)2)15(3)19(20-24-25-21(30)33-20)26-34(31,32)28-11-9-22(10-12-28)8-7-17(29)27(22)4/h5-6,15,19,26H,7-12H2,1-4H3,(H,25,30)/t15?,19-/m0/s1. The van der Waals surface area contributed by atoms with Crippen LogP contribution < -0.4 is 10.5 Å². The Labute approximate surface area is 197 Å². The topological polar surface area (TPSA) is 129 Å². The lowest BCUT2D eigenvalue weighted by Crippen LogP contribution is -2.55. The fourth-order valence-electron chi connectivity index (χ4n) is 5.17. The molecule has 2 N–H and O–H groups in total. The van der Waals surface area contributed by atoms with Crippen LogP contribution in [0.2, 0.25) is 0 Å². The van der Waals surface area contributed by atoms with E-state index in [0.29, 0.717) is 36.8 Å². The molecule has 34 heavy (non-hydrogen) atoms. The highest BCUT2D eigenvalue weighted by atomic mass is 32.2. The number of aromatic nitrogens is 2. The lowest BCUT2D eigenvalue weighted by Gasteiger charge is -2.43. The van der Waals surface area contributed by atoms with Gasteiger partial charge in [0.05, 0.1) is 0 Å². The molecule has 2 aliphatic heterocycles. The fourth-order valence-corrected chi connectivity index (χ4v) is 6.61. The molecule has 0 bridgehead atoms. The Morgan fingerprint density at radius 2 is 1.88 bits per heavy atom. The summed E-state index contributed by atoms with van der Waals surface area (Å²) in [5.41, 5.74) is 1.54. The van der Waals surface area contributed by atoms with Gasteiger partial charge in [-0.15, -0.1) is 5.10 Å². The van der Waals surface area contributed by atoms with Crippen LogP contribution in [0, 0.1) is 19.7 Å². The fraction of sp³-hybridized carbons (Fsp3) is 0.591. The molecule has 2 aromatic rings. The quantitative estimate of drug-likeness (QED) is 0.630. The van der Waals surface area contributed by atoms with Crippen molar-refractivity contribution in [3.8, 4) is 0 Å². The minimum atomic E-state index is -4.05. The number of piperidine rings is 1. The summed E-state index contributed by atoms with van der Waals surface area (Å²) in [5.74, 6) is -2.13. The molecule has 2 aliphatic rings. The van der Waals surface area contributed by atoms with E-state index in [1.54, 1.807) is 31.9 Å². The number of hydrogen-bond donors (Lipinski definition) is 2. The van der Waals surface area contributed by atoms with Gasteiger partial charge in [0, 0.05) is 38.0 Å². The number of nitrogens with zero attached hydrogens (tertiary/aromatic N) is 3. The summed E-state index contributed by atoms with van der Waals surface area (Å²) >= 11 is 0. The molecular formula is C22H30FN5O5S. The zero-order valence-electron chi connectivity index (χ0n) is 19.7. The molecule has 12 heteroatoms. The van der Waals surface area contributed by atoms with E-state index in [1.165, 1.54) is 10.4 Å². The minimum Gasteiger partial charge on any atom is -0.391 e. The molecule has 1 unspecified atom stereocenters. The lowest BCUT2D eigenvalue weighted by molar-refractivity contribution is -0.130. The van der Waals surface area contributed by atoms with Gasteiger partial charge in [0.15, 0.2) is 0 Å². The summed E-state index contributed by atoms with van der Waals surface area (Å²) in [6, 6.07) is 1.87. The predicted octanol–water partition coefficient (Wildman–Crippen LogP) is 1.88. The first-order chi connectivity index (χ1) is 15.9. The van der Waals surface area contributed by atoms with Crippen LogP contribution >= 0.6 is 0 Å². The number of nitrogens with one attached hydrogen (secondary N) is 2. The van der Waals surface area contributed by atoms with Gasteiger partial charge in [-0.1, -0.05) is 13.0 Å². The summed E-state index contributed by atoms with van der Waals surface area (Å²) in [6.07, 6.45) is 2.24. The number of hydrogen-bond acceptors (Lipinski definition) is 6. The molecule has 186 valence electrons. The molecule has 4 rings (SSSR count). The number of aryl methyl sites for hydroxylation is 1. The molecule has 0 saturated carbocycles. The van der Waals surface area contributed by atoms with Crippen molar-refractivity contribution in [3.63, 3.8) is 0 Å². The normalized spacial score (nSPS) is 20.7. The molecular weight excluding hydrogens is 465 g/mol. The van der Waals surface area contributed by atoms with Crippen molar-refractivity contribution in [3.05, 3.63) is 51.1 Å². The number of H-pyrrole nitrogens is 1. The van der Waals surface area contributed by atoms with E-state index in [-0.39, 0.29) is 30.4 Å². The van der Waals surface area contributed by atoms with Crippen molar-refractivity contribution in [2.24, 2.45) is 0 Å². The van der Waals surface area contributed by atoms with Crippen molar-refractivity contribution in [2.75, 3.05) is 20.1 Å². The van der Waals surface area contributed by atoms with Crippen molar-refractivity contribution in [1.82, 2.24) is 24.1 Å². The molecule has 2 saturated heterocycles. The third-order valence-electron chi connectivity index (χ3n) is 7.57. The van der Waals surface area contributed by atoms with Gasteiger partial charge in [-0.05, 0) is 55.9 Å². The zero-order valence-corrected chi connectivity index (χ0v) is 20.5. The van der Waals surface area contributed by atoms with Gasteiger partial charge in [0.1, 0.15) is 11.9 Å². The summed E-state index contributed by atoms with van der Waals surface area (Å²) < 4.78 is 50.6. The largest absolute Gasteiger partial charge is 0.434 e. The van der Waals surface area contributed by atoms with E-state index in [2.05, 4.69) is 14.9 Å². The molecule has 1 amide bonds. The van der Waals surface area contributed by atoms with Gasteiger partial charge in [-0.25, -0.2) is 14.3 Å². The number of halogens is 1. The number of benzene rings is 1. The zero-order chi connectivity index (χ0) is 24.8. The average Bonchev–Trinajstić information content (AvgIpc) is 3.34. The van der Waals surface area contributed by atoms with Crippen LogP contribution in [0.3, 0.4) is 0 Å². The predicted molar refractivity (Wildman–Crippen MR) is 122 cm³/mol. The molecule has 10 nitrogen and oxygen atoms in total. The highest BCUT2D eigenvalue weighted by Crippen LogP contribution is 2.39. The Bertz CT molecular complexity index is 1250. The van der Waals surface area contributed by atoms with Gasteiger partial charge in [-0.3, -0.25) is 4.79 Å². The number of likely N-dealkylation sites (tertiary alicyclic amines) is 1. The Morgan fingerprint density at radius 1 is 1.21 bits per heavy atom. The van der Waals surface area contributed by atoms with Crippen LogP contribution in [0.15, 0.2) is 21.3 Å². The Hall–Kier alpha value is -2.57. The van der Waals surface area contributed by atoms with E-state index >= 15 is 0 Å². The van der Waals surface area contributed by atoms with Crippen LogP contribution in [-0.2, 0) is 15.0 Å². The smallest absolute Gasteiger partial charge is 0.391 e. The summed E-state index contributed by atoms with van der Waals surface area (Å²) in [7, 11) is -2.27. The third-order valence-corrected chi connectivity index (χ3v) is 9.16. The number of amides is 1. The molecule has 2 atom stereocenters. The van der Waals surface area contributed by atoms with Crippen molar-refractivity contribution >= 4 is 16.1 Å². The number of carbonyl (C=O) groups is 1. The lowest BCUT2D eigenvalue weighted by atomic mass is 9.86. The second kappa shape index (κ2) is 8.90. The molecule has 0 radical (unpaired) electrons. The first-order valence-electron chi connectivity index (χ1n) is 11.3. The van der Waals surface area contributed by atoms with Gasteiger partial charge < -0.3 is 9.32 Å². The Morgan fingerprint density at radius 3 is 2.44 bits per heavy atom.